The molecule has 0 aliphatic carbocycles. The number of hydrogen-bond acceptors (Lipinski definition) is 3. The lowest BCUT2D eigenvalue weighted by atomic mass is 10.1. The van der Waals surface area contributed by atoms with Gasteiger partial charge in [-0.1, -0.05) is 12.1 Å². The summed E-state index contributed by atoms with van der Waals surface area (Å²) in [5.41, 5.74) is 9.48. The normalized spacial score (nSPS) is 13.7. The second kappa shape index (κ2) is 4.55. The molecule has 1 aliphatic rings. The molecule has 92 valence electrons. The molecule has 18 heavy (non-hydrogen) atoms. The summed E-state index contributed by atoms with van der Waals surface area (Å²) in [6, 6.07) is 7.75. The van der Waals surface area contributed by atoms with E-state index in [4.69, 9.17) is 5.73 Å². The lowest BCUT2D eigenvalue weighted by Gasteiger charge is -2.18. The van der Waals surface area contributed by atoms with Gasteiger partial charge in [0.15, 0.2) is 0 Å². The zero-order chi connectivity index (χ0) is 12.7. The van der Waals surface area contributed by atoms with Crippen molar-refractivity contribution in [1.82, 2.24) is 0 Å². The molecule has 0 bridgehead atoms. The van der Waals surface area contributed by atoms with E-state index in [1.807, 2.05) is 29.6 Å². The Balaban J connectivity index is 2.00. The van der Waals surface area contributed by atoms with Crippen LogP contribution < -0.4 is 10.6 Å². The highest BCUT2D eigenvalue weighted by Gasteiger charge is 2.27. The Bertz CT molecular complexity index is 623. The maximum atomic E-state index is 12.4. The number of carbonyl (C=O) groups is 1. The molecule has 0 radical (unpaired) electrons. The van der Waals surface area contributed by atoms with Crippen molar-refractivity contribution in [2.75, 3.05) is 17.2 Å². The third-order valence-electron chi connectivity index (χ3n) is 3.09. The first-order valence-electron chi connectivity index (χ1n) is 5.60. The van der Waals surface area contributed by atoms with Crippen molar-refractivity contribution in [1.29, 1.82) is 0 Å². The second-order valence-corrected chi connectivity index (χ2v) is 7.01. The molecule has 2 aromatic rings. The van der Waals surface area contributed by atoms with Crippen molar-refractivity contribution < 1.29 is 4.79 Å². The van der Waals surface area contributed by atoms with Gasteiger partial charge < -0.3 is 10.6 Å². The molecule has 0 atom stereocenters. The summed E-state index contributed by atoms with van der Waals surface area (Å²) in [5.74, 6) is 0.0471. The lowest BCUT2D eigenvalue weighted by Crippen LogP contribution is -2.29. The van der Waals surface area contributed by atoms with Gasteiger partial charge >= 0.3 is 0 Å². The van der Waals surface area contributed by atoms with Crippen molar-refractivity contribution >= 4 is 51.2 Å². The van der Waals surface area contributed by atoms with E-state index in [-0.39, 0.29) is 5.91 Å². The number of nitrogens with zero attached hydrogens (tertiary/aromatic N) is 1. The summed E-state index contributed by atoms with van der Waals surface area (Å²) in [5, 5.41) is 1.90. The van der Waals surface area contributed by atoms with Crippen molar-refractivity contribution in [2.45, 2.75) is 6.42 Å². The summed E-state index contributed by atoms with van der Waals surface area (Å²) in [6.45, 7) is 0.717. The SMILES string of the molecule is Nc1cccc2c1N(C(=O)c1csc(I)c1)CC2. The Labute approximate surface area is 123 Å². The van der Waals surface area contributed by atoms with Gasteiger partial charge in [-0.3, -0.25) is 4.79 Å². The monoisotopic (exact) mass is 370 g/mol. The van der Waals surface area contributed by atoms with Crippen molar-refractivity contribution in [3.8, 4) is 0 Å². The fourth-order valence-electron chi connectivity index (χ4n) is 2.27. The first-order chi connectivity index (χ1) is 8.66. The summed E-state index contributed by atoms with van der Waals surface area (Å²) in [4.78, 5) is 14.2. The van der Waals surface area contributed by atoms with E-state index in [2.05, 4.69) is 22.6 Å². The molecule has 3 rings (SSSR count). The molecule has 1 aliphatic heterocycles. The highest BCUT2D eigenvalue weighted by atomic mass is 127. The van der Waals surface area contributed by atoms with Gasteiger partial charge in [0.2, 0.25) is 0 Å². The van der Waals surface area contributed by atoms with Gasteiger partial charge in [0.25, 0.3) is 5.91 Å². The molecule has 0 spiro atoms. The highest BCUT2D eigenvalue weighted by molar-refractivity contribution is 14.1. The Kier molecular flexibility index (Phi) is 3.03. The van der Waals surface area contributed by atoms with E-state index < -0.39 is 0 Å². The molecular formula is C13H11IN2OS. The van der Waals surface area contributed by atoms with Crippen LogP contribution in [0.2, 0.25) is 0 Å². The number of benzene rings is 1. The zero-order valence-electron chi connectivity index (χ0n) is 9.52. The quantitative estimate of drug-likeness (QED) is 0.619. The van der Waals surface area contributed by atoms with E-state index in [9.17, 15) is 4.79 Å². The summed E-state index contributed by atoms with van der Waals surface area (Å²) in [6.07, 6.45) is 0.882. The third kappa shape index (κ3) is 1.91. The number of nitrogen functional groups attached to an aromatic ring is 1. The molecule has 0 saturated carbocycles. The van der Waals surface area contributed by atoms with Crippen LogP contribution >= 0.6 is 33.9 Å². The summed E-state index contributed by atoms with van der Waals surface area (Å²) >= 11 is 3.81. The minimum absolute atomic E-state index is 0.0471. The summed E-state index contributed by atoms with van der Waals surface area (Å²) in [7, 11) is 0. The lowest BCUT2D eigenvalue weighted by molar-refractivity contribution is 0.0990. The molecule has 1 aromatic heterocycles. The van der Waals surface area contributed by atoms with Gasteiger partial charge in [0.05, 0.1) is 19.8 Å². The maximum Gasteiger partial charge on any atom is 0.259 e. The molecule has 0 fully saturated rings. The number of thiophene rings is 1. The Morgan fingerprint density at radius 3 is 3.00 bits per heavy atom. The maximum absolute atomic E-state index is 12.4. The van der Waals surface area contributed by atoms with Crippen LogP contribution in [0.25, 0.3) is 0 Å². The molecule has 0 saturated heterocycles. The number of anilines is 2. The van der Waals surface area contributed by atoms with Gasteiger partial charge in [-0.25, -0.2) is 0 Å². The zero-order valence-corrected chi connectivity index (χ0v) is 12.5. The van der Waals surface area contributed by atoms with E-state index in [1.165, 1.54) is 0 Å². The van der Waals surface area contributed by atoms with E-state index >= 15 is 0 Å². The molecule has 5 heteroatoms. The van der Waals surface area contributed by atoms with Gasteiger partial charge in [-0.05, 0) is 46.7 Å². The van der Waals surface area contributed by atoms with Gasteiger partial charge in [0, 0.05) is 11.9 Å². The number of fused-ring (bicyclic) bond motifs is 1. The van der Waals surface area contributed by atoms with Gasteiger partial charge in [-0.15, -0.1) is 11.3 Å². The second-order valence-electron chi connectivity index (χ2n) is 4.20. The molecular weight excluding hydrogens is 359 g/mol. The molecule has 1 amide bonds. The van der Waals surface area contributed by atoms with E-state index in [0.29, 0.717) is 5.69 Å². The van der Waals surface area contributed by atoms with Gasteiger partial charge in [-0.2, -0.15) is 0 Å². The minimum Gasteiger partial charge on any atom is -0.397 e. The van der Waals surface area contributed by atoms with Crippen molar-refractivity contribution in [3.05, 3.63) is 43.7 Å². The number of halogens is 1. The van der Waals surface area contributed by atoms with Crippen LogP contribution in [0.4, 0.5) is 11.4 Å². The first-order valence-corrected chi connectivity index (χ1v) is 7.56. The Morgan fingerprint density at radius 2 is 2.28 bits per heavy atom. The van der Waals surface area contributed by atoms with Crippen molar-refractivity contribution in [3.63, 3.8) is 0 Å². The fraction of sp³-hybridized carbons (Fsp3) is 0.154. The number of hydrogen-bond donors (Lipinski definition) is 1. The smallest absolute Gasteiger partial charge is 0.259 e. The van der Waals surface area contributed by atoms with Crippen LogP contribution in [0.15, 0.2) is 29.6 Å². The molecule has 2 heterocycles. The minimum atomic E-state index is 0.0471. The number of carbonyl (C=O) groups excluding carboxylic acids is 1. The van der Waals surface area contributed by atoms with Gasteiger partial charge in [0.1, 0.15) is 0 Å². The third-order valence-corrected chi connectivity index (χ3v) is 4.87. The standard InChI is InChI=1S/C13H11IN2OS/c14-11-6-9(7-18-11)13(17)16-5-4-8-2-1-3-10(15)12(8)16/h1-3,6-7H,4-5,15H2. The van der Waals surface area contributed by atoms with Crippen molar-refractivity contribution in [2.24, 2.45) is 0 Å². The van der Waals surface area contributed by atoms with Crippen LogP contribution in [-0.2, 0) is 6.42 Å². The fourth-order valence-corrected chi connectivity index (χ4v) is 3.59. The van der Waals surface area contributed by atoms with E-state index in [1.54, 1.807) is 16.2 Å². The predicted octanol–water partition coefficient (Wildman–Crippen LogP) is 3.14. The highest BCUT2D eigenvalue weighted by Crippen LogP contribution is 2.35. The van der Waals surface area contributed by atoms with Crippen LogP contribution in [-0.4, -0.2) is 12.5 Å². The Hall–Kier alpha value is -1.08. The first kappa shape index (κ1) is 12.0. The number of para-hydroxylation sites is 1. The average molecular weight is 370 g/mol. The van der Waals surface area contributed by atoms with Crippen LogP contribution in [0.3, 0.4) is 0 Å². The average Bonchev–Trinajstić information content (AvgIpc) is 2.95. The number of amides is 1. The molecule has 0 unspecified atom stereocenters. The topological polar surface area (TPSA) is 46.3 Å². The number of nitrogens with two attached hydrogens (primary N) is 1. The molecule has 3 nitrogen and oxygen atoms in total. The van der Waals surface area contributed by atoms with Crippen LogP contribution in [0.5, 0.6) is 0 Å². The molecule has 1 aromatic carbocycles. The predicted molar refractivity (Wildman–Crippen MR) is 83.3 cm³/mol. The van der Waals surface area contributed by atoms with E-state index in [0.717, 1.165) is 32.7 Å². The Morgan fingerprint density at radius 1 is 1.44 bits per heavy atom. The largest absolute Gasteiger partial charge is 0.397 e. The number of rotatable bonds is 1. The van der Waals surface area contributed by atoms with Crippen LogP contribution in [0, 0.1) is 2.88 Å². The summed E-state index contributed by atoms with van der Waals surface area (Å²) < 4.78 is 1.12. The molecule has 2 N–H and O–H groups in total. The van der Waals surface area contributed by atoms with Crippen LogP contribution in [0.1, 0.15) is 15.9 Å².